The summed E-state index contributed by atoms with van der Waals surface area (Å²) >= 11 is 7.30. The predicted octanol–water partition coefficient (Wildman–Crippen LogP) is 2.55. The van der Waals surface area contributed by atoms with Crippen molar-refractivity contribution in [2.75, 3.05) is 0 Å². The third-order valence-electron chi connectivity index (χ3n) is 2.66. The molecule has 108 valence electrons. The Kier molecular flexibility index (Phi) is 4.16. The minimum Gasteiger partial charge on any atom is -0.338 e. The maximum Gasteiger partial charge on any atom is 0.237 e. The van der Waals surface area contributed by atoms with Crippen LogP contribution in [0.1, 0.15) is 18.6 Å². The van der Waals surface area contributed by atoms with Gasteiger partial charge in [0.15, 0.2) is 5.82 Å². The first-order valence-electron chi connectivity index (χ1n) is 6.25. The first-order valence-corrected chi connectivity index (χ1v) is 7.61. The second kappa shape index (κ2) is 6.23. The molecule has 0 aliphatic heterocycles. The van der Waals surface area contributed by atoms with Gasteiger partial charge in [0, 0.05) is 11.4 Å². The molecule has 0 saturated carbocycles. The van der Waals surface area contributed by atoms with Crippen molar-refractivity contribution in [3.63, 3.8) is 0 Å². The van der Waals surface area contributed by atoms with E-state index in [2.05, 4.69) is 25.7 Å². The molecule has 0 fully saturated rings. The lowest BCUT2D eigenvalue weighted by atomic mass is 10.3. The zero-order chi connectivity index (χ0) is 14.7. The van der Waals surface area contributed by atoms with Gasteiger partial charge in [0.05, 0.1) is 11.4 Å². The molecule has 3 rings (SSSR count). The Hall–Kier alpha value is -1.93. The van der Waals surface area contributed by atoms with Crippen LogP contribution >= 0.6 is 23.4 Å². The highest BCUT2D eigenvalue weighted by Crippen LogP contribution is 2.22. The monoisotopic (exact) mass is 322 g/mol. The highest BCUT2D eigenvalue weighted by molar-refractivity contribution is 7.98. The van der Waals surface area contributed by atoms with Crippen molar-refractivity contribution >= 4 is 23.4 Å². The molecule has 0 saturated heterocycles. The van der Waals surface area contributed by atoms with Gasteiger partial charge in [-0.2, -0.15) is 9.67 Å². The van der Waals surface area contributed by atoms with Crippen LogP contribution in [0.25, 0.3) is 5.69 Å². The number of thioether (sulfide) groups is 1. The van der Waals surface area contributed by atoms with Gasteiger partial charge in [-0.3, -0.25) is 0 Å². The molecular formula is C12H11ClN6OS. The van der Waals surface area contributed by atoms with E-state index in [1.807, 2.05) is 19.1 Å². The van der Waals surface area contributed by atoms with Gasteiger partial charge >= 0.3 is 0 Å². The highest BCUT2D eigenvalue weighted by atomic mass is 35.5. The van der Waals surface area contributed by atoms with E-state index in [1.165, 1.54) is 11.8 Å². The largest absolute Gasteiger partial charge is 0.338 e. The van der Waals surface area contributed by atoms with Gasteiger partial charge in [-0.15, -0.1) is 5.10 Å². The first-order chi connectivity index (χ1) is 10.3. The molecule has 3 aromatic rings. The Morgan fingerprint density at radius 3 is 2.81 bits per heavy atom. The molecule has 0 aliphatic carbocycles. The summed E-state index contributed by atoms with van der Waals surface area (Å²) in [5.74, 6) is 1.77. The van der Waals surface area contributed by atoms with Crippen LogP contribution in [0.5, 0.6) is 0 Å². The van der Waals surface area contributed by atoms with Crippen LogP contribution in [0.4, 0.5) is 0 Å². The number of hydrogen-bond acceptors (Lipinski definition) is 7. The minimum absolute atomic E-state index is 0.515. The summed E-state index contributed by atoms with van der Waals surface area (Å²) in [7, 11) is 0. The summed E-state index contributed by atoms with van der Waals surface area (Å²) < 4.78 is 6.77. The van der Waals surface area contributed by atoms with E-state index in [1.54, 1.807) is 16.8 Å². The molecule has 0 atom stereocenters. The maximum absolute atomic E-state index is 5.88. The Morgan fingerprint density at radius 2 is 2.10 bits per heavy atom. The average molecular weight is 323 g/mol. The van der Waals surface area contributed by atoms with Crippen LogP contribution < -0.4 is 0 Å². The second-order valence-electron chi connectivity index (χ2n) is 4.10. The lowest BCUT2D eigenvalue weighted by Crippen LogP contribution is -1.98. The van der Waals surface area contributed by atoms with E-state index < -0.39 is 0 Å². The van der Waals surface area contributed by atoms with E-state index in [9.17, 15) is 0 Å². The summed E-state index contributed by atoms with van der Waals surface area (Å²) in [5, 5.41) is 16.8. The van der Waals surface area contributed by atoms with Crippen molar-refractivity contribution in [2.45, 2.75) is 24.3 Å². The molecule has 21 heavy (non-hydrogen) atoms. The van der Waals surface area contributed by atoms with E-state index in [0.717, 1.165) is 12.1 Å². The van der Waals surface area contributed by atoms with Crippen LogP contribution in [0.15, 0.2) is 33.9 Å². The number of benzene rings is 1. The van der Waals surface area contributed by atoms with Crippen molar-refractivity contribution in [2.24, 2.45) is 0 Å². The Balaban J connectivity index is 1.74. The van der Waals surface area contributed by atoms with Crippen molar-refractivity contribution in [1.82, 2.24) is 30.3 Å². The molecule has 0 spiro atoms. The standard InChI is InChI=1S/C12H11ClN6OS/c1-2-10-14-11(20-16-10)7-21-12-15-17-18-19(12)9-5-3-8(13)4-6-9/h3-6H,2,7H2,1H3. The normalized spacial score (nSPS) is 11.0. The summed E-state index contributed by atoms with van der Waals surface area (Å²) in [6.45, 7) is 1.98. The molecule has 2 heterocycles. The quantitative estimate of drug-likeness (QED) is 0.667. The second-order valence-corrected chi connectivity index (χ2v) is 5.48. The molecular weight excluding hydrogens is 312 g/mol. The molecule has 1 aromatic carbocycles. The predicted molar refractivity (Wildman–Crippen MR) is 77.4 cm³/mol. The fourth-order valence-electron chi connectivity index (χ4n) is 1.63. The van der Waals surface area contributed by atoms with Crippen LogP contribution in [0.3, 0.4) is 0 Å². The Bertz CT molecular complexity index is 725. The Morgan fingerprint density at radius 1 is 1.29 bits per heavy atom. The molecule has 0 aliphatic rings. The minimum atomic E-state index is 0.515. The molecule has 0 unspecified atom stereocenters. The number of nitrogens with zero attached hydrogens (tertiary/aromatic N) is 6. The molecule has 0 radical (unpaired) electrons. The third-order valence-corrected chi connectivity index (χ3v) is 3.82. The fraction of sp³-hybridized carbons (Fsp3) is 0.250. The number of tetrazole rings is 1. The summed E-state index contributed by atoms with van der Waals surface area (Å²) in [6, 6.07) is 7.28. The van der Waals surface area contributed by atoms with Crippen LogP contribution in [-0.4, -0.2) is 30.3 Å². The van der Waals surface area contributed by atoms with E-state index in [0.29, 0.717) is 27.6 Å². The lowest BCUT2D eigenvalue weighted by molar-refractivity contribution is 0.385. The number of halogens is 1. The van der Waals surface area contributed by atoms with Crippen LogP contribution in [0.2, 0.25) is 5.02 Å². The van der Waals surface area contributed by atoms with Gasteiger partial charge in [0.2, 0.25) is 11.0 Å². The molecule has 9 heteroatoms. The SMILES string of the molecule is CCc1noc(CSc2nnnn2-c2ccc(Cl)cc2)n1. The molecule has 7 nitrogen and oxygen atoms in total. The van der Waals surface area contributed by atoms with E-state index in [4.69, 9.17) is 16.1 Å². The highest BCUT2D eigenvalue weighted by Gasteiger charge is 2.12. The van der Waals surface area contributed by atoms with Crippen molar-refractivity contribution < 1.29 is 4.52 Å². The number of aryl methyl sites for hydroxylation is 1. The first kappa shape index (κ1) is 14.0. The topological polar surface area (TPSA) is 82.5 Å². The zero-order valence-corrected chi connectivity index (χ0v) is 12.7. The number of rotatable bonds is 5. The average Bonchev–Trinajstić information content (AvgIpc) is 3.15. The van der Waals surface area contributed by atoms with Crippen molar-refractivity contribution in [1.29, 1.82) is 0 Å². The zero-order valence-electron chi connectivity index (χ0n) is 11.1. The van der Waals surface area contributed by atoms with Crippen LogP contribution in [-0.2, 0) is 12.2 Å². The summed E-state index contributed by atoms with van der Waals surface area (Å²) in [6.07, 6.45) is 0.747. The van der Waals surface area contributed by atoms with Gasteiger partial charge in [-0.25, -0.2) is 0 Å². The molecule has 0 amide bonds. The van der Waals surface area contributed by atoms with Gasteiger partial charge in [0.25, 0.3) is 0 Å². The number of aromatic nitrogens is 6. The summed E-state index contributed by atoms with van der Waals surface area (Å²) in [5.41, 5.74) is 0.840. The van der Waals surface area contributed by atoms with Gasteiger partial charge in [-0.1, -0.05) is 35.4 Å². The third kappa shape index (κ3) is 3.22. The molecule has 0 bridgehead atoms. The number of hydrogen-bond donors (Lipinski definition) is 0. The van der Waals surface area contributed by atoms with Crippen molar-refractivity contribution in [3.05, 3.63) is 41.0 Å². The van der Waals surface area contributed by atoms with Gasteiger partial charge in [0.1, 0.15) is 0 Å². The fourth-order valence-corrected chi connectivity index (χ4v) is 2.49. The lowest BCUT2D eigenvalue weighted by Gasteiger charge is -2.02. The van der Waals surface area contributed by atoms with E-state index >= 15 is 0 Å². The Labute approximate surface area is 129 Å². The smallest absolute Gasteiger partial charge is 0.237 e. The summed E-state index contributed by atoms with van der Waals surface area (Å²) in [4.78, 5) is 4.25. The molecule has 0 N–H and O–H groups in total. The van der Waals surface area contributed by atoms with Gasteiger partial charge < -0.3 is 4.52 Å². The molecule has 2 aromatic heterocycles. The van der Waals surface area contributed by atoms with Gasteiger partial charge in [-0.05, 0) is 34.7 Å². The van der Waals surface area contributed by atoms with E-state index in [-0.39, 0.29) is 0 Å². The maximum atomic E-state index is 5.88. The van der Waals surface area contributed by atoms with Crippen molar-refractivity contribution in [3.8, 4) is 5.69 Å². The van der Waals surface area contributed by atoms with Crippen LogP contribution in [0, 0.1) is 0 Å².